The predicted molar refractivity (Wildman–Crippen MR) is 101 cm³/mol. The maximum Gasteiger partial charge on any atom is 0.441 e. The molecule has 0 bridgehead atoms. The molecule has 12 heteroatoms. The number of hydrogen-bond acceptors (Lipinski definition) is 5. The largest absolute Gasteiger partial charge is 0.497 e. The molecule has 1 amide bonds. The second kappa shape index (κ2) is 9.37. The van der Waals surface area contributed by atoms with E-state index in [0.29, 0.717) is 17.9 Å². The molecule has 2 aromatic carbocycles. The number of halogens is 6. The highest BCUT2D eigenvalue weighted by Gasteiger charge is 2.63. The molecule has 32 heavy (non-hydrogen) atoms. The van der Waals surface area contributed by atoms with E-state index in [0.717, 1.165) is 24.3 Å². The van der Waals surface area contributed by atoms with Crippen LogP contribution < -0.4 is 15.4 Å². The Morgan fingerprint density at radius 3 is 2.09 bits per heavy atom. The average Bonchev–Trinajstić information content (AvgIpc) is 2.72. The van der Waals surface area contributed by atoms with Crippen LogP contribution in [-0.2, 0) is 15.7 Å². The number of carbonyl (C=O) groups is 2. The fourth-order valence-electron chi connectivity index (χ4n) is 2.60. The minimum absolute atomic E-state index is 0.269. The quantitative estimate of drug-likeness (QED) is 0.362. The SMILES string of the molecule is CCOC(=O)C(NC(=O)c1ccc(OC)cc1)(Nc1cccc(C(F)(F)F)c1)C(F)(F)F. The zero-order valence-corrected chi connectivity index (χ0v) is 16.7. The van der Waals surface area contributed by atoms with Crippen LogP contribution in [0.3, 0.4) is 0 Å². The average molecular weight is 464 g/mol. The number of ether oxygens (including phenoxy) is 2. The molecule has 0 aliphatic heterocycles. The van der Waals surface area contributed by atoms with Gasteiger partial charge in [-0.2, -0.15) is 26.3 Å². The van der Waals surface area contributed by atoms with E-state index in [-0.39, 0.29) is 5.56 Å². The zero-order valence-electron chi connectivity index (χ0n) is 16.7. The number of hydrogen-bond donors (Lipinski definition) is 2. The Bertz CT molecular complexity index is 960. The number of anilines is 1. The molecule has 0 fully saturated rings. The zero-order chi connectivity index (χ0) is 24.2. The summed E-state index contributed by atoms with van der Waals surface area (Å²) in [6, 6.07) is 7.64. The van der Waals surface area contributed by atoms with Crippen LogP contribution >= 0.6 is 0 Å². The smallest absolute Gasteiger partial charge is 0.441 e. The van der Waals surface area contributed by atoms with Crippen molar-refractivity contribution in [2.45, 2.75) is 24.9 Å². The van der Waals surface area contributed by atoms with E-state index in [1.807, 2.05) is 0 Å². The second-order valence-electron chi connectivity index (χ2n) is 6.35. The molecule has 0 radical (unpaired) electrons. The molecule has 1 unspecified atom stereocenters. The van der Waals surface area contributed by atoms with Gasteiger partial charge < -0.3 is 20.1 Å². The number of nitrogens with one attached hydrogen (secondary N) is 2. The van der Waals surface area contributed by atoms with Crippen molar-refractivity contribution in [1.29, 1.82) is 0 Å². The van der Waals surface area contributed by atoms with Gasteiger partial charge in [-0.3, -0.25) is 4.79 Å². The lowest BCUT2D eigenvalue weighted by molar-refractivity contribution is -0.204. The summed E-state index contributed by atoms with van der Waals surface area (Å²) >= 11 is 0. The van der Waals surface area contributed by atoms with Crippen molar-refractivity contribution in [1.82, 2.24) is 5.32 Å². The maximum atomic E-state index is 14.1. The van der Waals surface area contributed by atoms with E-state index in [4.69, 9.17) is 4.74 Å². The summed E-state index contributed by atoms with van der Waals surface area (Å²) in [6.45, 7) is 0.744. The standard InChI is InChI=1S/C20H18F6N2O4/c1-3-32-17(30)18(20(24,25)26,27-14-6-4-5-13(11-14)19(21,22)23)28-16(29)12-7-9-15(31-2)10-8-12/h4-11,27H,3H2,1-2H3,(H,28,29). The van der Waals surface area contributed by atoms with Crippen molar-refractivity contribution in [3.63, 3.8) is 0 Å². The monoisotopic (exact) mass is 464 g/mol. The molecule has 0 saturated heterocycles. The molecule has 2 N–H and O–H groups in total. The van der Waals surface area contributed by atoms with Crippen LogP contribution in [0.25, 0.3) is 0 Å². The number of esters is 1. The Hall–Kier alpha value is -3.44. The van der Waals surface area contributed by atoms with Gasteiger partial charge in [0.25, 0.3) is 5.91 Å². The predicted octanol–water partition coefficient (Wildman–Crippen LogP) is 4.38. The minimum atomic E-state index is -5.50. The number of amides is 1. The molecule has 0 aliphatic rings. The van der Waals surface area contributed by atoms with Crippen molar-refractivity contribution >= 4 is 17.6 Å². The lowest BCUT2D eigenvalue weighted by Gasteiger charge is -2.35. The van der Waals surface area contributed by atoms with Crippen LogP contribution in [0.5, 0.6) is 5.75 Å². The number of carbonyl (C=O) groups excluding carboxylic acids is 2. The van der Waals surface area contributed by atoms with Gasteiger partial charge in [-0.05, 0) is 49.4 Å². The third-order valence-electron chi connectivity index (χ3n) is 4.18. The minimum Gasteiger partial charge on any atom is -0.497 e. The van der Waals surface area contributed by atoms with Gasteiger partial charge in [0.1, 0.15) is 5.75 Å². The fraction of sp³-hybridized carbons (Fsp3) is 0.300. The normalized spacial score (nSPS) is 13.6. The maximum absolute atomic E-state index is 14.1. The highest BCUT2D eigenvalue weighted by atomic mass is 19.4. The molecule has 1 atom stereocenters. The van der Waals surface area contributed by atoms with Crippen LogP contribution in [-0.4, -0.2) is 37.4 Å². The Labute approximate surface area is 178 Å². The van der Waals surface area contributed by atoms with Gasteiger partial charge >= 0.3 is 24.0 Å². The van der Waals surface area contributed by atoms with E-state index >= 15 is 0 Å². The number of benzene rings is 2. The molecule has 0 saturated carbocycles. The first-order valence-corrected chi connectivity index (χ1v) is 9.00. The van der Waals surface area contributed by atoms with Crippen LogP contribution in [0.2, 0.25) is 0 Å². The van der Waals surface area contributed by atoms with E-state index in [9.17, 15) is 35.9 Å². The van der Waals surface area contributed by atoms with Gasteiger partial charge in [-0.1, -0.05) is 6.07 Å². The Morgan fingerprint density at radius 2 is 1.59 bits per heavy atom. The molecule has 0 aliphatic carbocycles. The van der Waals surface area contributed by atoms with Crippen molar-refractivity contribution < 1.29 is 45.4 Å². The van der Waals surface area contributed by atoms with E-state index < -0.39 is 47.7 Å². The Morgan fingerprint density at radius 1 is 0.969 bits per heavy atom. The summed E-state index contributed by atoms with van der Waals surface area (Å²) in [4.78, 5) is 25.0. The van der Waals surface area contributed by atoms with Gasteiger partial charge in [-0.15, -0.1) is 0 Å². The number of alkyl halides is 6. The number of rotatable bonds is 7. The van der Waals surface area contributed by atoms with Crippen molar-refractivity contribution in [2.75, 3.05) is 19.0 Å². The highest BCUT2D eigenvalue weighted by molar-refractivity contribution is 5.99. The summed E-state index contributed by atoms with van der Waals surface area (Å²) in [5.74, 6) is -2.97. The Balaban J connectivity index is 2.53. The first-order valence-electron chi connectivity index (χ1n) is 9.00. The van der Waals surface area contributed by atoms with E-state index in [1.54, 1.807) is 10.6 Å². The molecular formula is C20H18F6N2O4. The van der Waals surface area contributed by atoms with Gasteiger partial charge in [0.05, 0.1) is 19.3 Å². The third-order valence-corrected chi connectivity index (χ3v) is 4.18. The molecule has 0 heterocycles. The fourth-order valence-corrected chi connectivity index (χ4v) is 2.60. The summed E-state index contributed by atoms with van der Waals surface area (Å²) in [7, 11) is 1.34. The van der Waals surface area contributed by atoms with Crippen LogP contribution in [0.4, 0.5) is 32.0 Å². The molecule has 0 aromatic heterocycles. The molecule has 2 aromatic rings. The van der Waals surface area contributed by atoms with Crippen molar-refractivity contribution in [3.05, 3.63) is 59.7 Å². The molecule has 174 valence electrons. The van der Waals surface area contributed by atoms with Gasteiger partial charge in [-0.25, -0.2) is 4.79 Å². The van der Waals surface area contributed by atoms with Gasteiger partial charge in [0.2, 0.25) is 0 Å². The lowest BCUT2D eigenvalue weighted by Crippen LogP contribution is -2.69. The van der Waals surface area contributed by atoms with E-state index in [2.05, 4.69) is 4.74 Å². The van der Waals surface area contributed by atoms with Crippen LogP contribution in [0.1, 0.15) is 22.8 Å². The summed E-state index contributed by atoms with van der Waals surface area (Å²) in [5.41, 5.74) is -6.12. The summed E-state index contributed by atoms with van der Waals surface area (Å²) < 4.78 is 90.8. The number of methoxy groups -OCH3 is 1. The molecular weight excluding hydrogens is 446 g/mol. The first-order chi connectivity index (χ1) is 14.8. The van der Waals surface area contributed by atoms with Gasteiger partial charge in [0.15, 0.2) is 0 Å². The van der Waals surface area contributed by atoms with Crippen molar-refractivity contribution in [3.8, 4) is 5.75 Å². The summed E-state index contributed by atoms with van der Waals surface area (Å²) in [6.07, 6.45) is -10.4. The first kappa shape index (κ1) is 24.8. The van der Waals surface area contributed by atoms with E-state index in [1.165, 1.54) is 26.2 Å². The van der Waals surface area contributed by atoms with Crippen LogP contribution in [0.15, 0.2) is 48.5 Å². The second-order valence-corrected chi connectivity index (χ2v) is 6.35. The topological polar surface area (TPSA) is 76.7 Å². The van der Waals surface area contributed by atoms with Crippen LogP contribution in [0, 0.1) is 0 Å². The molecule has 2 rings (SSSR count). The van der Waals surface area contributed by atoms with Gasteiger partial charge in [0, 0.05) is 11.3 Å². The summed E-state index contributed by atoms with van der Waals surface area (Å²) in [5, 5.41) is 3.24. The third kappa shape index (κ3) is 5.42. The molecule has 0 spiro atoms. The Kier molecular flexibility index (Phi) is 7.27. The highest BCUT2D eigenvalue weighted by Crippen LogP contribution is 2.36. The van der Waals surface area contributed by atoms with Crippen molar-refractivity contribution in [2.24, 2.45) is 0 Å². The molecule has 6 nitrogen and oxygen atoms in total. The lowest BCUT2D eigenvalue weighted by atomic mass is 10.1.